The zero-order valence-corrected chi connectivity index (χ0v) is 10.3. The molecule has 0 spiro atoms. The molecule has 0 bridgehead atoms. The summed E-state index contributed by atoms with van der Waals surface area (Å²) in [4.78, 5) is 4.33. The van der Waals surface area contributed by atoms with Crippen molar-refractivity contribution in [1.82, 2.24) is 4.98 Å². The Kier molecular flexibility index (Phi) is 3.47. The molecule has 0 amide bonds. The highest BCUT2D eigenvalue weighted by Crippen LogP contribution is 2.25. The number of hydrogen-bond donors (Lipinski definition) is 1. The number of rotatable bonds is 4. The molecule has 1 atom stereocenters. The second kappa shape index (κ2) is 5.04. The Morgan fingerprint density at radius 3 is 2.88 bits per heavy atom. The number of nitrogens with zero attached hydrogens (tertiary/aromatic N) is 1. The number of fused-ring (bicyclic) bond motifs is 1. The maximum Gasteiger partial charge on any atom is 0.166 e. The monoisotopic (exact) mass is 230 g/mol. The summed E-state index contributed by atoms with van der Waals surface area (Å²) in [6.07, 6.45) is 1.10. The molecule has 1 aromatic heterocycles. The summed E-state index contributed by atoms with van der Waals surface area (Å²) in [6.45, 7) is 4.99. The van der Waals surface area contributed by atoms with E-state index < -0.39 is 0 Å². The first-order valence-corrected chi connectivity index (χ1v) is 5.98. The Morgan fingerprint density at radius 1 is 1.35 bits per heavy atom. The molecule has 3 heteroatoms. The number of aromatic nitrogens is 1. The second-order valence-electron chi connectivity index (χ2n) is 4.39. The van der Waals surface area contributed by atoms with Crippen LogP contribution in [0.1, 0.15) is 20.3 Å². The molecule has 0 radical (unpaired) electrons. The third-order valence-electron chi connectivity index (χ3n) is 2.94. The van der Waals surface area contributed by atoms with E-state index in [1.54, 1.807) is 0 Å². The molecular formula is C14H18N2O. The van der Waals surface area contributed by atoms with Crippen LogP contribution in [0.2, 0.25) is 0 Å². The molecule has 0 aliphatic heterocycles. The molecule has 90 valence electrons. The minimum Gasteiger partial charge on any atom is -0.489 e. The van der Waals surface area contributed by atoms with E-state index in [-0.39, 0.29) is 0 Å². The molecule has 0 saturated heterocycles. The average molecular weight is 230 g/mol. The van der Waals surface area contributed by atoms with Crippen molar-refractivity contribution in [3.8, 4) is 5.75 Å². The van der Waals surface area contributed by atoms with Crippen LogP contribution in [0.5, 0.6) is 5.75 Å². The van der Waals surface area contributed by atoms with Gasteiger partial charge in [-0.25, -0.2) is 4.98 Å². The van der Waals surface area contributed by atoms with Gasteiger partial charge >= 0.3 is 0 Å². The Balaban J connectivity index is 2.25. The van der Waals surface area contributed by atoms with Crippen LogP contribution < -0.4 is 10.5 Å². The number of pyridine rings is 1. The molecule has 0 fully saturated rings. The van der Waals surface area contributed by atoms with E-state index in [4.69, 9.17) is 10.5 Å². The summed E-state index contributed by atoms with van der Waals surface area (Å²) in [7, 11) is 0. The summed E-state index contributed by atoms with van der Waals surface area (Å²) in [5, 5.41) is 1.06. The summed E-state index contributed by atoms with van der Waals surface area (Å²) in [5.41, 5.74) is 6.78. The summed E-state index contributed by atoms with van der Waals surface area (Å²) in [5.74, 6) is 1.68. The van der Waals surface area contributed by atoms with Gasteiger partial charge in [-0.3, -0.25) is 0 Å². The predicted octanol–water partition coefficient (Wildman–Crippen LogP) is 3.24. The minimum atomic E-state index is 0.465. The maximum atomic E-state index is 5.88. The van der Waals surface area contributed by atoms with Crippen LogP contribution >= 0.6 is 0 Å². The van der Waals surface area contributed by atoms with Crippen molar-refractivity contribution < 1.29 is 4.74 Å². The lowest BCUT2D eigenvalue weighted by molar-refractivity contribution is 0.257. The van der Waals surface area contributed by atoms with Gasteiger partial charge in [0.2, 0.25) is 0 Å². The van der Waals surface area contributed by atoms with Crippen molar-refractivity contribution in [2.75, 3.05) is 12.3 Å². The lowest BCUT2D eigenvalue weighted by Gasteiger charge is -2.12. The van der Waals surface area contributed by atoms with Crippen LogP contribution in [0, 0.1) is 5.92 Å². The third-order valence-corrected chi connectivity index (χ3v) is 2.94. The van der Waals surface area contributed by atoms with Gasteiger partial charge in [-0.05, 0) is 18.1 Å². The Hall–Kier alpha value is -1.77. The SMILES string of the molecule is CC[C@H](C)COc1cc2ccccc2nc1N. The first-order chi connectivity index (χ1) is 8.20. The van der Waals surface area contributed by atoms with Crippen LogP contribution in [-0.4, -0.2) is 11.6 Å². The van der Waals surface area contributed by atoms with Gasteiger partial charge in [-0.2, -0.15) is 0 Å². The quantitative estimate of drug-likeness (QED) is 0.877. The number of nitrogen functional groups attached to an aromatic ring is 1. The van der Waals surface area contributed by atoms with Crippen LogP contribution in [0.3, 0.4) is 0 Å². The lowest BCUT2D eigenvalue weighted by Crippen LogP contribution is -2.09. The van der Waals surface area contributed by atoms with E-state index in [1.165, 1.54) is 0 Å². The Bertz CT molecular complexity index is 511. The van der Waals surface area contributed by atoms with Crippen molar-refractivity contribution in [2.45, 2.75) is 20.3 Å². The molecular weight excluding hydrogens is 212 g/mol. The van der Waals surface area contributed by atoms with Gasteiger partial charge in [-0.1, -0.05) is 38.5 Å². The predicted molar refractivity (Wildman–Crippen MR) is 71.1 cm³/mol. The largest absolute Gasteiger partial charge is 0.489 e. The summed E-state index contributed by atoms with van der Waals surface area (Å²) >= 11 is 0. The second-order valence-corrected chi connectivity index (χ2v) is 4.39. The molecule has 0 unspecified atom stereocenters. The molecule has 2 aromatic rings. The number of nitrogens with two attached hydrogens (primary N) is 1. The molecule has 2 rings (SSSR count). The molecule has 3 nitrogen and oxygen atoms in total. The van der Waals surface area contributed by atoms with E-state index in [2.05, 4.69) is 18.8 Å². The maximum absolute atomic E-state index is 5.88. The van der Waals surface area contributed by atoms with Gasteiger partial charge in [0, 0.05) is 5.39 Å². The highest BCUT2D eigenvalue weighted by atomic mass is 16.5. The normalized spacial score (nSPS) is 12.6. The van der Waals surface area contributed by atoms with E-state index in [0.29, 0.717) is 24.1 Å². The van der Waals surface area contributed by atoms with Crippen LogP contribution in [0.4, 0.5) is 5.82 Å². The van der Waals surface area contributed by atoms with Crippen LogP contribution in [-0.2, 0) is 0 Å². The highest BCUT2D eigenvalue weighted by Gasteiger charge is 2.06. The van der Waals surface area contributed by atoms with E-state index in [1.807, 2.05) is 30.3 Å². The summed E-state index contributed by atoms with van der Waals surface area (Å²) in [6, 6.07) is 9.86. The molecule has 0 aliphatic carbocycles. The topological polar surface area (TPSA) is 48.1 Å². The van der Waals surface area contributed by atoms with E-state index >= 15 is 0 Å². The third kappa shape index (κ3) is 2.67. The molecule has 1 heterocycles. The number of ether oxygens (including phenoxy) is 1. The number of anilines is 1. The summed E-state index contributed by atoms with van der Waals surface area (Å²) < 4.78 is 5.71. The van der Waals surface area contributed by atoms with Gasteiger partial charge in [0.15, 0.2) is 11.6 Å². The van der Waals surface area contributed by atoms with Crippen molar-refractivity contribution in [2.24, 2.45) is 5.92 Å². The first kappa shape index (κ1) is 11.7. The average Bonchev–Trinajstić information content (AvgIpc) is 2.35. The zero-order chi connectivity index (χ0) is 12.3. The standard InChI is InChI=1S/C14H18N2O/c1-3-10(2)9-17-13-8-11-6-4-5-7-12(11)16-14(13)15/h4-8,10H,3,9H2,1-2H3,(H2,15,16)/t10-/m0/s1. The molecule has 0 saturated carbocycles. The van der Waals surface area contributed by atoms with Crippen LogP contribution in [0.15, 0.2) is 30.3 Å². The molecule has 17 heavy (non-hydrogen) atoms. The first-order valence-electron chi connectivity index (χ1n) is 5.98. The number of para-hydroxylation sites is 1. The van der Waals surface area contributed by atoms with Gasteiger partial charge < -0.3 is 10.5 Å². The molecule has 1 aromatic carbocycles. The van der Waals surface area contributed by atoms with Gasteiger partial charge in [0.25, 0.3) is 0 Å². The fraction of sp³-hybridized carbons (Fsp3) is 0.357. The molecule has 2 N–H and O–H groups in total. The van der Waals surface area contributed by atoms with Crippen molar-refractivity contribution in [3.05, 3.63) is 30.3 Å². The Labute approximate surface area is 102 Å². The smallest absolute Gasteiger partial charge is 0.166 e. The minimum absolute atomic E-state index is 0.465. The molecule has 0 aliphatic rings. The highest BCUT2D eigenvalue weighted by molar-refractivity contribution is 5.82. The number of benzene rings is 1. The van der Waals surface area contributed by atoms with Crippen LogP contribution in [0.25, 0.3) is 10.9 Å². The number of hydrogen-bond acceptors (Lipinski definition) is 3. The lowest BCUT2D eigenvalue weighted by atomic mass is 10.1. The van der Waals surface area contributed by atoms with E-state index in [9.17, 15) is 0 Å². The fourth-order valence-corrected chi connectivity index (χ4v) is 1.58. The fourth-order valence-electron chi connectivity index (χ4n) is 1.58. The van der Waals surface area contributed by atoms with Gasteiger partial charge in [0.1, 0.15) is 0 Å². The zero-order valence-electron chi connectivity index (χ0n) is 10.3. The Morgan fingerprint density at radius 2 is 2.12 bits per heavy atom. The van der Waals surface area contributed by atoms with Crippen molar-refractivity contribution >= 4 is 16.7 Å². The van der Waals surface area contributed by atoms with Gasteiger partial charge in [0.05, 0.1) is 12.1 Å². The van der Waals surface area contributed by atoms with E-state index in [0.717, 1.165) is 17.3 Å². The van der Waals surface area contributed by atoms with Gasteiger partial charge in [-0.15, -0.1) is 0 Å². The van der Waals surface area contributed by atoms with Crippen molar-refractivity contribution in [3.63, 3.8) is 0 Å². The van der Waals surface area contributed by atoms with Crippen molar-refractivity contribution in [1.29, 1.82) is 0 Å².